The third-order valence-electron chi connectivity index (χ3n) is 3.43. The van der Waals surface area contributed by atoms with Crippen LogP contribution in [0.3, 0.4) is 0 Å². The molecular weight excluding hydrogens is 256 g/mol. The summed E-state index contributed by atoms with van der Waals surface area (Å²) in [6, 6.07) is 3.74. The van der Waals surface area contributed by atoms with Crippen molar-refractivity contribution in [1.29, 1.82) is 0 Å². The summed E-state index contributed by atoms with van der Waals surface area (Å²) < 4.78 is 11.0. The van der Waals surface area contributed by atoms with Gasteiger partial charge in [-0.3, -0.25) is 4.79 Å². The lowest BCUT2D eigenvalue weighted by atomic mass is 10.2. The van der Waals surface area contributed by atoms with Crippen LogP contribution in [0.25, 0.3) is 0 Å². The summed E-state index contributed by atoms with van der Waals surface area (Å²) in [6.45, 7) is 5.29. The van der Waals surface area contributed by atoms with Crippen LogP contribution < -0.4 is 5.32 Å². The van der Waals surface area contributed by atoms with Crippen molar-refractivity contribution in [2.24, 2.45) is 0 Å². The van der Waals surface area contributed by atoms with Gasteiger partial charge in [0.2, 0.25) is 5.91 Å². The highest BCUT2D eigenvalue weighted by molar-refractivity contribution is 5.78. The molecule has 20 heavy (non-hydrogen) atoms. The Kier molecular flexibility index (Phi) is 6.08. The van der Waals surface area contributed by atoms with E-state index in [-0.39, 0.29) is 12.0 Å². The molecule has 1 amide bonds. The quantitative estimate of drug-likeness (QED) is 0.738. The van der Waals surface area contributed by atoms with Crippen LogP contribution in [0.2, 0.25) is 0 Å². The number of ether oxygens (including phenoxy) is 1. The van der Waals surface area contributed by atoms with Gasteiger partial charge < -0.3 is 19.4 Å². The van der Waals surface area contributed by atoms with E-state index in [1.807, 2.05) is 17.0 Å². The summed E-state index contributed by atoms with van der Waals surface area (Å²) in [7, 11) is 0. The minimum absolute atomic E-state index is 0.102. The van der Waals surface area contributed by atoms with Crippen molar-refractivity contribution in [3.8, 4) is 0 Å². The molecule has 1 unspecified atom stereocenters. The lowest BCUT2D eigenvalue weighted by molar-refractivity contribution is -0.132. The van der Waals surface area contributed by atoms with Crippen molar-refractivity contribution < 1.29 is 13.9 Å². The van der Waals surface area contributed by atoms with Gasteiger partial charge in [0.15, 0.2) is 0 Å². The van der Waals surface area contributed by atoms with Gasteiger partial charge in [0, 0.05) is 13.2 Å². The molecule has 0 bridgehead atoms. The van der Waals surface area contributed by atoms with E-state index < -0.39 is 0 Å². The van der Waals surface area contributed by atoms with Crippen molar-refractivity contribution in [3.63, 3.8) is 0 Å². The van der Waals surface area contributed by atoms with Crippen molar-refractivity contribution in [2.75, 3.05) is 26.2 Å². The number of nitrogens with one attached hydrogen (secondary N) is 1. The Hall–Kier alpha value is -1.33. The molecule has 1 aliphatic rings. The van der Waals surface area contributed by atoms with E-state index in [0.717, 1.165) is 38.2 Å². The van der Waals surface area contributed by atoms with Gasteiger partial charge >= 0.3 is 0 Å². The highest BCUT2D eigenvalue weighted by Gasteiger charge is 2.23. The fourth-order valence-electron chi connectivity index (χ4n) is 2.36. The number of hydrogen-bond acceptors (Lipinski definition) is 4. The number of hydrogen-bond donors (Lipinski definition) is 1. The van der Waals surface area contributed by atoms with Crippen LogP contribution in [0.4, 0.5) is 0 Å². The van der Waals surface area contributed by atoms with Crippen LogP contribution in [0.1, 0.15) is 31.9 Å². The number of carbonyl (C=O) groups is 1. The van der Waals surface area contributed by atoms with Crippen LogP contribution >= 0.6 is 0 Å². The van der Waals surface area contributed by atoms with Crippen molar-refractivity contribution in [3.05, 3.63) is 24.2 Å². The average Bonchev–Trinajstić information content (AvgIpc) is 3.11. The van der Waals surface area contributed by atoms with E-state index in [1.165, 1.54) is 0 Å². The zero-order valence-corrected chi connectivity index (χ0v) is 12.1. The Morgan fingerprint density at radius 1 is 1.55 bits per heavy atom. The molecule has 0 saturated carbocycles. The monoisotopic (exact) mass is 280 g/mol. The highest BCUT2D eigenvalue weighted by Crippen LogP contribution is 2.15. The summed E-state index contributed by atoms with van der Waals surface area (Å²) in [5.41, 5.74) is 0. The molecule has 2 rings (SSSR count). The molecule has 1 N–H and O–H groups in total. The number of furan rings is 1. The van der Waals surface area contributed by atoms with Gasteiger partial charge in [-0.05, 0) is 37.9 Å². The number of carbonyl (C=O) groups excluding carboxylic acids is 1. The first-order valence-corrected chi connectivity index (χ1v) is 7.42. The maximum absolute atomic E-state index is 12.3. The molecule has 1 fully saturated rings. The number of rotatable bonds is 8. The van der Waals surface area contributed by atoms with Gasteiger partial charge in [-0.2, -0.15) is 0 Å². The van der Waals surface area contributed by atoms with Gasteiger partial charge in [0.05, 0.1) is 25.5 Å². The number of amides is 1. The Morgan fingerprint density at radius 2 is 2.45 bits per heavy atom. The standard InChI is InChI=1S/C15H24N2O3/c1-2-7-16-10-15(18)17(11-13-5-3-8-19-13)12-14-6-4-9-20-14/h3,5,8,14,16H,2,4,6-7,9-12H2,1H3. The topological polar surface area (TPSA) is 54.7 Å². The van der Waals surface area contributed by atoms with Gasteiger partial charge in [-0.1, -0.05) is 6.92 Å². The summed E-state index contributed by atoms with van der Waals surface area (Å²) in [4.78, 5) is 14.1. The summed E-state index contributed by atoms with van der Waals surface area (Å²) >= 11 is 0. The predicted molar refractivity (Wildman–Crippen MR) is 76.3 cm³/mol. The van der Waals surface area contributed by atoms with Crippen LogP contribution in [-0.2, 0) is 16.1 Å². The third kappa shape index (κ3) is 4.65. The molecule has 1 atom stereocenters. The molecule has 5 heteroatoms. The Balaban J connectivity index is 1.89. The van der Waals surface area contributed by atoms with E-state index in [0.29, 0.717) is 19.6 Å². The Labute approximate surface area is 120 Å². The molecule has 112 valence electrons. The molecule has 1 aromatic heterocycles. The molecule has 0 aromatic carbocycles. The van der Waals surface area contributed by atoms with Gasteiger partial charge in [-0.25, -0.2) is 0 Å². The van der Waals surface area contributed by atoms with Crippen molar-refractivity contribution in [1.82, 2.24) is 10.2 Å². The maximum atomic E-state index is 12.3. The summed E-state index contributed by atoms with van der Waals surface area (Å²) in [5.74, 6) is 0.914. The van der Waals surface area contributed by atoms with Gasteiger partial charge in [-0.15, -0.1) is 0 Å². The molecular formula is C15H24N2O3. The van der Waals surface area contributed by atoms with Crippen molar-refractivity contribution >= 4 is 5.91 Å². The van der Waals surface area contributed by atoms with E-state index in [1.54, 1.807) is 6.26 Å². The molecule has 0 spiro atoms. The first-order chi connectivity index (χ1) is 9.79. The Bertz CT molecular complexity index is 386. The lowest BCUT2D eigenvalue weighted by Gasteiger charge is -2.24. The first-order valence-electron chi connectivity index (χ1n) is 7.42. The van der Waals surface area contributed by atoms with E-state index in [4.69, 9.17) is 9.15 Å². The van der Waals surface area contributed by atoms with Crippen LogP contribution in [0.15, 0.2) is 22.8 Å². The largest absolute Gasteiger partial charge is 0.467 e. The zero-order valence-electron chi connectivity index (χ0n) is 12.1. The SMILES string of the molecule is CCCNCC(=O)N(Cc1ccco1)CC1CCCO1. The predicted octanol–water partition coefficient (Wildman–Crippen LogP) is 1.79. The first kappa shape index (κ1) is 15.1. The molecule has 1 saturated heterocycles. The fraction of sp³-hybridized carbons (Fsp3) is 0.667. The van der Waals surface area contributed by atoms with E-state index >= 15 is 0 Å². The second kappa shape index (κ2) is 8.07. The smallest absolute Gasteiger partial charge is 0.237 e. The molecule has 0 aliphatic carbocycles. The number of nitrogens with zero attached hydrogens (tertiary/aromatic N) is 1. The minimum Gasteiger partial charge on any atom is -0.467 e. The van der Waals surface area contributed by atoms with Crippen LogP contribution in [-0.4, -0.2) is 43.2 Å². The molecule has 0 radical (unpaired) electrons. The fourth-order valence-corrected chi connectivity index (χ4v) is 2.36. The lowest BCUT2D eigenvalue weighted by Crippen LogP contribution is -2.41. The third-order valence-corrected chi connectivity index (χ3v) is 3.43. The van der Waals surface area contributed by atoms with Crippen LogP contribution in [0, 0.1) is 0 Å². The molecule has 1 aromatic rings. The zero-order chi connectivity index (χ0) is 14.2. The minimum atomic E-state index is 0.102. The normalized spacial score (nSPS) is 18.4. The summed E-state index contributed by atoms with van der Waals surface area (Å²) in [6.07, 6.45) is 4.95. The van der Waals surface area contributed by atoms with Crippen LogP contribution in [0.5, 0.6) is 0 Å². The van der Waals surface area contributed by atoms with E-state index in [9.17, 15) is 4.79 Å². The average molecular weight is 280 g/mol. The molecule has 5 nitrogen and oxygen atoms in total. The van der Waals surface area contributed by atoms with Crippen molar-refractivity contribution in [2.45, 2.75) is 38.8 Å². The Morgan fingerprint density at radius 3 is 3.10 bits per heavy atom. The summed E-state index contributed by atoms with van der Waals surface area (Å²) in [5, 5.41) is 3.16. The van der Waals surface area contributed by atoms with E-state index in [2.05, 4.69) is 12.2 Å². The maximum Gasteiger partial charge on any atom is 0.237 e. The van der Waals surface area contributed by atoms with Gasteiger partial charge in [0.25, 0.3) is 0 Å². The van der Waals surface area contributed by atoms with Gasteiger partial charge in [0.1, 0.15) is 5.76 Å². The highest BCUT2D eigenvalue weighted by atomic mass is 16.5. The second-order valence-electron chi connectivity index (χ2n) is 5.17. The molecule has 2 heterocycles. The second-order valence-corrected chi connectivity index (χ2v) is 5.17. The molecule has 1 aliphatic heterocycles.